The molecule has 0 aromatic heterocycles. The van der Waals surface area contributed by atoms with Crippen molar-refractivity contribution in [3.63, 3.8) is 0 Å². The summed E-state index contributed by atoms with van der Waals surface area (Å²) >= 11 is 1.84. The molecule has 18 heavy (non-hydrogen) atoms. The van der Waals surface area contributed by atoms with Gasteiger partial charge in [-0.25, -0.2) is 8.42 Å². The molecule has 0 radical (unpaired) electrons. The predicted octanol–water partition coefficient (Wildman–Crippen LogP) is 2.51. The van der Waals surface area contributed by atoms with Crippen LogP contribution in [0.25, 0.3) is 0 Å². The molecule has 1 heterocycles. The molecule has 2 rings (SSSR count). The van der Waals surface area contributed by atoms with Crippen LogP contribution in [-0.2, 0) is 10.0 Å². The molecule has 2 unspecified atom stereocenters. The first kappa shape index (κ1) is 13.9. The van der Waals surface area contributed by atoms with Crippen molar-refractivity contribution in [3.05, 3.63) is 29.8 Å². The molecule has 0 N–H and O–H groups in total. The molecule has 0 bridgehead atoms. The fourth-order valence-electron chi connectivity index (χ4n) is 2.22. The number of sulfonamides is 1. The number of rotatable bonds is 2. The van der Waals surface area contributed by atoms with Crippen LogP contribution in [0.4, 0.5) is 0 Å². The van der Waals surface area contributed by atoms with E-state index in [1.54, 1.807) is 16.4 Å². The lowest BCUT2D eigenvalue weighted by Crippen LogP contribution is -2.47. The Labute approximate surface area is 114 Å². The largest absolute Gasteiger partial charge is 0.243 e. The third-order valence-corrected chi connectivity index (χ3v) is 6.99. The fourth-order valence-corrected chi connectivity index (χ4v) is 5.44. The second-order valence-electron chi connectivity index (χ2n) is 4.70. The Hall–Kier alpha value is -0.520. The molecule has 0 saturated carbocycles. The molecule has 5 heteroatoms. The Balaban J connectivity index is 2.40. The van der Waals surface area contributed by atoms with E-state index < -0.39 is 10.0 Å². The molecule has 3 nitrogen and oxygen atoms in total. The molecule has 1 aliphatic rings. The lowest BCUT2D eigenvalue weighted by atomic mass is 10.2. The third-order valence-electron chi connectivity index (χ3n) is 3.51. The van der Waals surface area contributed by atoms with E-state index in [2.05, 4.69) is 6.92 Å². The van der Waals surface area contributed by atoms with Crippen molar-refractivity contribution in [1.29, 1.82) is 0 Å². The number of aryl methyl sites for hydroxylation is 1. The molecular weight excluding hydrogens is 266 g/mol. The highest BCUT2D eigenvalue weighted by Gasteiger charge is 2.35. The maximum absolute atomic E-state index is 12.7. The van der Waals surface area contributed by atoms with E-state index in [1.807, 2.05) is 37.7 Å². The second kappa shape index (κ2) is 5.23. The molecule has 2 atom stereocenters. The van der Waals surface area contributed by atoms with Crippen LogP contribution in [-0.4, -0.2) is 36.3 Å². The summed E-state index contributed by atoms with van der Waals surface area (Å²) < 4.78 is 27.0. The third kappa shape index (κ3) is 2.44. The highest BCUT2D eigenvalue weighted by molar-refractivity contribution is 8.00. The van der Waals surface area contributed by atoms with Gasteiger partial charge in [0.25, 0.3) is 0 Å². The van der Waals surface area contributed by atoms with Crippen LogP contribution in [0.2, 0.25) is 0 Å². The Morgan fingerprint density at radius 3 is 2.61 bits per heavy atom. The minimum absolute atomic E-state index is 0.0494. The van der Waals surface area contributed by atoms with Crippen LogP contribution >= 0.6 is 11.8 Å². The SMILES string of the molecule is Cc1ccccc1S(=O)(=O)N1CCSC(C)C1C. The molecule has 1 saturated heterocycles. The van der Waals surface area contributed by atoms with Crippen molar-refractivity contribution in [2.24, 2.45) is 0 Å². The van der Waals surface area contributed by atoms with Gasteiger partial charge in [0.1, 0.15) is 0 Å². The molecule has 1 aromatic rings. The average molecular weight is 285 g/mol. The van der Waals surface area contributed by atoms with Gasteiger partial charge in [0, 0.05) is 23.6 Å². The molecule has 0 aliphatic carbocycles. The first-order valence-corrected chi connectivity index (χ1v) is 8.62. The Kier molecular flexibility index (Phi) is 4.04. The highest BCUT2D eigenvalue weighted by atomic mass is 32.2. The predicted molar refractivity (Wildman–Crippen MR) is 76.5 cm³/mol. The Morgan fingerprint density at radius 2 is 1.94 bits per heavy atom. The van der Waals surface area contributed by atoms with Gasteiger partial charge in [0.05, 0.1) is 4.90 Å². The summed E-state index contributed by atoms with van der Waals surface area (Å²) in [6, 6.07) is 7.25. The van der Waals surface area contributed by atoms with Gasteiger partial charge in [-0.05, 0) is 25.5 Å². The zero-order valence-electron chi connectivity index (χ0n) is 11.0. The van der Waals surface area contributed by atoms with Crippen molar-refractivity contribution in [2.75, 3.05) is 12.3 Å². The van der Waals surface area contributed by atoms with Gasteiger partial charge >= 0.3 is 0 Å². The van der Waals surface area contributed by atoms with Gasteiger partial charge in [0.15, 0.2) is 0 Å². The van der Waals surface area contributed by atoms with E-state index in [1.165, 1.54) is 0 Å². The van der Waals surface area contributed by atoms with Crippen LogP contribution in [0.5, 0.6) is 0 Å². The van der Waals surface area contributed by atoms with E-state index in [0.717, 1.165) is 11.3 Å². The van der Waals surface area contributed by atoms with Crippen molar-refractivity contribution in [2.45, 2.75) is 37.0 Å². The summed E-state index contributed by atoms with van der Waals surface area (Å²) in [5.41, 5.74) is 0.815. The molecule has 1 aliphatic heterocycles. The van der Waals surface area contributed by atoms with E-state index in [9.17, 15) is 8.42 Å². The lowest BCUT2D eigenvalue weighted by molar-refractivity contribution is 0.340. The molecule has 1 aromatic carbocycles. The Morgan fingerprint density at radius 1 is 1.28 bits per heavy atom. The minimum atomic E-state index is -3.35. The maximum atomic E-state index is 12.7. The molecule has 1 fully saturated rings. The van der Waals surface area contributed by atoms with Gasteiger partial charge < -0.3 is 0 Å². The zero-order chi connectivity index (χ0) is 13.3. The van der Waals surface area contributed by atoms with Crippen LogP contribution in [0.3, 0.4) is 0 Å². The second-order valence-corrected chi connectivity index (χ2v) is 8.04. The van der Waals surface area contributed by atoms with Crippen LogP contribution in [0.15, 0.2) is 29.2 Å². The normalized spacial score (nSPS) is 26.2. The molecule has 100 valence electrons. The zero-order valence-corrected chi connectivity index (χ0v) is 12.6. The molecule has 0 spiro atoms. The summed E-state index contributed by atoms with van der Waals surface area (Å²) in [6.07, 6.45) is 0. The van der Waals surface area contributed by atoms with Crippen molar-refractivity contribution in [3.8, 4) is 0 Å². The number of nitrogens with zero attached hydrogens (tertiary/aromatic N) is 1. The van der Waals surface area contributed by atoms with Gasteiger partial charge in [0.2, 0.25) is 10.0 Å². The average Bonchev–Trinajstić information content (AvgIpc) is 2.32. The van der Waals surface area contributed by atoms with Gasteiger partial charge in [-0.2, -0.15) is 16.1 Å². The number of hydrogen-bond donors (Lipinski definition) is 0. The standard InChI is InChI=1S/C13H19NO2S2/c1-10-6-4-5-7-13(10)18(15,16)14-8-9-17-12(3)11(14)2/h4-7,11-12H,8-9H2,1-3H3. The van der Waals surface area contributed by atoms with Gasteiger partial charge in [-0.1, -0.05) is 25.1 Å². The lowest BCUT2D eigenvalue weighted by Gasteiger charge is -2.36. The van der Waals surface area contributed by atoms with Crippen molar-refractivity contribution in [1.82, 2.24) is 4.31 Å². The van der Waals surface area contributed by atoms with Crippen molar-refractivity contribution < 1.29 is 8.42 Å². The summed E-state index contributed by atoms with van der Waals surface area (Å²) in [5, 5.41) is 0.345. The van der Waals surface area contributed by atoms with E-state index in [4.69, 9.17) is 0 Å². The number of hydrogen-bond acceptors (Lipinski definition) is 3. The van der Waals surface area contributed by atoms with Crippen molar-refractivity contribution >= 4 is 21.8 Å². The fraction of sp³-hybridized carbons (Fsp3) is 0.538. The van der Waals surface area contributed by atoms with Gasteiger partial charge in [-0.3, -0.25) is 0 Å². The summed E-state index contributed by atoms with van der Waals surface area (Å²) in [5.74, 6) is 0.872. The number of benzene rings is 1. The summed E-state index contributed by atoms with van der Waals surface area (Å²) in [7, 11) is -3.35. The topological polar surface area (TPSA) is 37.4 Å². The molecule has 0 amide bonds. The quantitative estimate of drug-likeness (QED) is 0.838. The first-order chi connectivity index (χ1) is 8.44. The van der Waals surface area contributed by atoms with Crippen LogP contribution in [0, 0.1) is 6.92 Å². The van der Waals surface area contributed by atoms with E-state index in [0.29, 0.717) is 16.7 Å². The molecular formula is C13H19NO2S2. The summed E-state index contributed by atoms with van der Waals surface area (Å²) in [4.78, 5) is 0.441. The van der Waals surface area contributed by atoms with E-state index >= 15 is 0 Å². The minimum Gasteiger partial charge on any atom is -0.207 e. The number of thioether (sulfide) groups is 1. The first-order valence-electron chi connectivity index (χ1n) is 6.13. The maximum Gasteiger partial charge on any atom is 0.243 e. The van der Waals surface area contributed by atoms with Gasteiger partial charge in [-0.15, -0.1) is 0 Å². The Bertz CT molecular complexity index is 528. The summed E-state index contributed by atoms with van der Waals surface area (Å²) in [6.45, 7) is 6.54. The van der Waals surface area contributed by atoms with E-state index in [-0.39, 0.29) is 6.04 Å². The van der Waals surface area contributed by atoms with Crippen LogP contribution in [0.1, 0.15) is 19.4 Å². The highest BCUT2D eigenvalue weighted by Crippen LogP contribution is 2.30. The smallest absolute Gasteiger partial charge is 0.207 e. The van der Waals surface area contributed by atoms with Crippen LogP contribution < -0.4 is 0 Å². The monoisotopic (exact) mass is 285 g/mol.